The van der Waals surface area contributed by atoms with Gasteiger partial charge in [0.15, 0.2) is 0 Å². The molecule has 2 saturated heterocycles. The Bertz CT molecular complexity index is 577. The SMILES string of the molecule is CC12CCC(=O)N1C(C(=O)OCc1ccc(F)cc1)CS2. The number of hydrogen-bond acceptors (Lipinski definition) is 4. The number of amides is 1. The zero-order chi connectivity index (χ0) is 15.0. The number of carbonyl (C=O) groups is 2. The predicted molar refractivity (Wildman–Crippen MR) is 76.9 cm³/mol. The summed E-state index contributed by atoms with van der Waals surface area (Å²) in [6.45, 7) is 2.09. The Morgan fingerprint density at radius 1 is 1.48 bits per heavy atom. The zero-order valence-corrected chi connectivity index (χ0v) is 12.5. The average Bonchev–Trinajstić information content (AvgIpc) is 2.95. The van der Waals surface area contributed by atoms with Crippen LogP contribution in [0.5, 0.6) is 0 Å². The fourth-order valence-corrected chi connectivity index (χ4v) is 4.24. The maximum Gasteiger partial charge on any atom is 0.330 e. The molecule has 1 aromatic carbocycles. The highest BCUT2D eigenvalue weighted by molar-refractivity contribution is 8.01. The van der Waals surface area contributed by atoms with Crippen LogP contribution in [0.3, 0.4) is 0 Å². The van der Waals surface area contributed by atoms with Crippen LogP contribution in [0, 0.1) is 5.82 Å². The van der Waals surface area contributed by atoms with Gasteiger partial charge in [-0.05, 0) is 31.0 Å². The van der Waals surface area contributed by atoms with Crippen molar-refractivity contribution in [1.29, 1.82) is 0 Å². The van der Waals surface area contributed by atoms with Gasteiger partial charge in [0, 0.05) is 12.2 Å². The van der Waals surface area contributed by atoms with E-state index >= 15 is 0 Å². The summed E-state index contributed by atoms with van der Waals surface area (Å²) in [7, 11) is 0. The molecule has 0 bridgehead atoms. The van der Waals surface area contributed by atoms with Crippen LogP contribution >= 0.6 is 11.8 Å². The van der Waals surface area contributed by atoms with E-state index in [-0.39, 0.29) is 29.2 Å². The average molecular weight is 309 g/mol. The Balaban J connectivity index is 1.63. The first kappa shape index (κ1) is 14.4. The molecular formula is C15H16FNO3S. The molecule has 2 aliphatic heterocycles. The number of halogens is 1. The van der Waals surface area contributed by atoms with Crippen molar-refractivity contribution in [1.82, 2.24) is 4.90 Å². The molecule has 3 rings (SSSR count). The van der Waals surface area contributed by atoms with E-state index in [2.05, 4.69) is 0 Å². The molecule has 6 heteroatoms. The second-order valence-corrected chi connectivity index (χ2v) is 7.00. The van der Waals surface area contributed by atoms with Gasteiger partial charge < -0.3 is 9.64 Å². The molecule has 0 radical (unpaired) electrons. The van der Waals surface area contributed by atoms with E-state index in [1.807, 2.05) is 6.92 Å². The molecule has 0 saturated carbocycles. The van der Waals surface area contributed by atoms with E-state index in [9.17, 15) is 14.0 Å². The monoisotopic (exact) mass is 309 g/mol. The van der Waals surface area contributed by atoms with Crippen LogP contribution in [0.2, 0.25) is 0 Å². The quantitative estimate of drug-likeness (QED) is 0.804. The van der Waals surface area contributed by atoms with E-state index in [1.54, 1.807) is 28.8 Å². The van der Waals surface area contributed by atoms with Gasteiger partial charge in [-0.3, -0.25) is 4.79 Å². The molecule has 2 aliphatic rings. The van der Waals surface area contributed by atoms with Crippen molar-refractivity contribution in [2.24, 2.45) is 0 Å². The van der Waals surface area contributed by atoms with Gasteiger partial charge in [0.05, 0.1) is 4.87 Å². The van der Waals surface area contributed by atoms with Crippen molar-refractivity contribution in [3.8, 4) is 0 Å². The summed E-state index contributed by atoms with van der Waals surface area (Å²) in [6, 6.07) is 5.31. The molecule has 4 nitrogen and oxygen atoms in total. The van der Waals surface area contributed by atoms with Gasteiger partial charge in [-0.15, -0.1) is 11.8 Å². The normalized spacial score (nSPS) is 27.8. The Kier molecular flexibility index (Phi) is 3.65. The number of benzene rings is 1. The molecule has 2 fully saturated rings. The van der Waals surface area contributed by atoms with Crippen molar-refractivity contribution in [2.45, 2.75) is 37.3 Å². The maximum absolute atomic E-state index is 12.8. The summed E-state index contributed by atoms with van der Waals surface area (Å²) in [5.41, 5.74) is 0.728. The standard InChI is InChI=1S/C15H16FNO3S/c1-15-7-6-13(18)17(15)12(9-21-15)14(19)20-8-10-2-4-11(16)5-3-10/h2-5,12H,6-9H2,1H3. The highest BCUT2D eigenvalue weighted by Gasteiger charge is 2.53. The first-order valence-corrected chi connectivity index (χ1v) is 7.85. The van der Waals surface area contributed by atoms with E-state index in [0.717, 1.165) is 12.0 Å². The topological polar surface area (TPSA) is 46.6 Å². The van der Waals surface area contributed by atoms with Gasteiger partial charge in [-0.1, -0.05) is 12.1 Å². The summed E-state index contributed by atoms with van der Waals surface area (Å²) < 4.78 is 18.1. The van der Waals surface area contributed by atoms with Crippen molar-refractivity contribution in [3.05, 3.63) is 35.6 Å². The molecule has 112 valence electrons. The third-order valence-corrected chi connectivity index (χ3v) is 5.52. The van der Waals surface area contributed by atoms with Gasteiger partial charge in [-0.2, -0.15) is 0 Å². The van der Waals surface area contributed by atoms with Crippen LogP contribution in [0.15, 0.2) is 24.3 Å². The third kappa shape index (κ3) is 2.64. The van der Waals surface area contributed by atoms with E-state index < -0.39 is 6.04 Å². The van der Waals surface area contributed by atoms with E-state index in [0.29, 0.717) is 12.2 Å². The largest absolute Gasteiger partial charge is 0.459 e. The third-order valence-electron chi connectivity index (χ3n) is 4.01. The molecule has 0 spiro atoms. The van der Waals surface area contributed by atoms with Crippen LogP contribution < -0.4 is 0 Å². The van der Waals surface area contributed by atoms with Crippen LogP contribution in [0.1, 0.15) is 25.3 Å². The first-order valence-electron chi connectivity index (χ1n) is 6.87. The first-order chi connectivity index (χ1) is 9.99. The van der Waals surface area contributed by atoms with Gasteiger partial charge in [-0.25, -0.2) is 9.18 Å². The van der Waals surface area contributed by atoms with Crippen molar-refractivity contribution in [2.75, 3.05) is 5.75 Å². The minimum Gasteiger partial charge on any atom is -0.459 e. The lowest BCUT2D eigenvalue weighted by molar-refractivity contribution is -0.154. The number of hydrogen-bond donors (Lipinski definition) is 0. The van der Waals surface area contributed by atoms with Crippen LogP contribution in [0.4, 0.5) is 4.39 Å². The van der Waals surface area contributed by atoms with Crippen LogP contribution in [-0.4, -0.2) is 33.4 Å². The van der Waals surface area contributed by atoms with E-state index in [4.69, 9.17) is 4.74 Å². The Morgan fingerprint density at radius 2 is 2.19 bits per heavy atom. The Labute approximate surface area is 126 Å². The second-order valence-electron chi connectivity index (χ2n) is 5.50. The fourth-order valence-electron chi connectivity index (χ4n) is 2.83. The number of esters is 1. The van der Waals surface area contributed by atoms with Crippen LogP contribution in [0.25, 0.3) is 0 Å². The van der Waals surface area contributed by atoms with Crippen molar-refractivity contribution < 1.29 is 18.7 Å². The van der Waals surface area contributed by atoms with Gasteiger partial charge in [0.25, 0.3) is 0 Å². The Morgan fingerprint density at radius 3 is 2.90 bits per heavy atom. The fraction of sp³-hybridized carbons (Fsp3) is 0.467. The molecular weight excluding hydrogens is 293 g/mol. The summed E-state index contributed by atoms with van der Waals surface area (Å²) >= 11 is 1.63. The molecule has 0 aromatic heterocycles. The van der Waals surface area contributed by atoms with Gasteiger partial charge in [0.2, 0.25) is 5.91 Å². The van der Waals surface area contributed by atoms with Crippen molar-refractivity contribution in [3.63, 3.8) is 0 Å². The van der Waals surface area contributed by atoms with Gasteiger partial charge >= 0.3 is 5.97 Å². The maximum atomic E-state index is 12.8. The number of fused-ring (bicyclic) bond motifs is 1. The van der Waals surface area contributed by atoms with Crippen molar-refractivity contribution >= 4 is 23.6 Å². The number of carbonyl (C=O) groups excluding carboxylic acids is 2. The molecule has 2 atom stereocenters. The number of thioether (sulfide) groups is 1. The lowest BCUT2D eigenvalue weighted by atomic mass is 10.2. The summed E-state index contributed by atoms with van der Waals surface area (Å²) in [5, 5.41) is 0. The molecule has 1 amide bonds. The van der Waals surface area contributed by atoms with Gasteiger partial charge in [0.1, 0.15) is 18.5 Å². The van der Waals surface area contributed by atoms with Crippen LogP contribution in [-0.2, 0) is 20.9 Å². The minimum atomic E-state index is -0.504. The zero-order valence-electron chi connectivity index (χ0n) is 11.7. The summed E-state index contributed by atoms with van der Waals surface area (Å²) in [6.07, 6.45) is 1.27. The lowest BCUT2D eigenvalue weighted by Gasteiger charge is -2.29. The highest BCUT2D eigenvalue weighted by Crippen LogP contribution is 2.47. The summed E-state index contributed by atoms with van der Waals surface area (Å²) in [4.78, 5) is 25.6. The number of ether oxygens (including phenoxy) is 1. The lowest BCUT2D eigenvalue weighted by Crippen LogP contribution is -2.46. The molecule has 0 N–H and O–H groups in total. The second kappa shape index (κ2) is 5.33. The highest BCUT2D eigenvalue weighted by atomic mass is 32.2. The number of nitrogens with zero attached hydrogens (tertiary/aromatic N) is 1. The minimum absolute atomic E-state index is 0.0197. The summed E-state index contributed by atoms with van der Waals surface area (Å²) in [5.74, 6) is -0.113. The number of rotatable bonds is 3. The molecule has 1 aromatic rings. The molecule has 2 unspecified atom stereocenters. The molecule has 21 heavy (non-hydrogen) atoms. The Hall–Kier alpha value is -1.56. The molecule has 0 aliphatic carbocycles. The molecule has 2 heterocycles. The smallest absolute Gasteiger partial charge is 0.330 e. The predicted octanol–water partition coefficient (Wildman–Crippen LogP) is 2.32. The van der Waals surface area contributed by atoms with E-state index in [1.165, 1.54) is 12.1 Å².